The summed E-state index contributed by atoms with van der Waals surface area (Å²) in [5.41, 5.74) is 0.255. The Morgan fingerprint density at radius 3 is 3.07 bits per heavy atom. The molecule has 0 unspecified atom stereocenters. The van der Waals surface area contributed by atoms with Crippen LogP contribution >= 0.6 is 11.3 Å². The third-order valence-corrected chi connectivity index (χ3v) is 2.44. The fourth-order valence-corrected chi connectivity index (χ4v) is 1.55. The van der Waals surface area contributed by atoms with Crippen molar-refractivity contribution in [3.63, 3.8) is 0 Å². The molecule has 74 valence electrons. The van der Waals surface area contributed by atoms with Crippen LogP contribution in [0, 0.1) is 0 Å². The highest BCUT2D eigenvalue weighted by Crippen LogP contribution is 2.05. The van der Waals surface area contributed by atoms with Crippen molar-refractivity contribution in [2.75, 3.05) is 0 Å². The fraction of sp³-hybridized carbons (Fsp3) is 0. The maximum atomic E-state index is 11.4. The fourth-order valence-electron chi connectivity index (χ4n) is 0.963. The molecule has 4 nitrogen and oxygen atoms in total. The molecule has 2 rings (SSSR count). The number of aromatic nitrogens is 2. The van der Waals surface area contributed by atoms with Gasteiger partial charge in [-0.25, -0.2) is 9.98 Å². The van der Waals surface area contributed by atoms with E-state index in [9.17, 15) is 4.79 Å². The molecule has 2 heterocycles. The lowest BCUT2D eigenvalue weighted by Crippen LogP contribution is -1.99. The Kier molecular flexibility index (Phi) is 2.94. The maximum Gasteiger partial charge on any atom is 0.297 e. The smallest absolute Gasteiger partial charge is 0.265 e. The average Bonchev–Trinajstić information content (AvgIpc) is 2.80. The van der Waals surface area contributed by atoms with E-state index in [0.717, 1.165) is 4.88 Å². The summed E-state index contributed by atoms with van der Waals surface area (Å²) < 4.78 is 0. The second kappa shape index (κ2) is 4.56. The Bertz CT molecular complexity index is 465. The first-order valence-electron chi connectivity index (χ1n) is 4.24. The second-order valence-corrected chi connectivity index (χ2v) is 3.65. The summed E-state index contributed by atoms with van der Waals surface area (Å²) in [5, 5.41) is 1.92. The van der Waals surface area contributed by atoms with Gasteiger partial charge in [-0.1, -0.05) is 6.07 Å². The second-order valence-electron chi connectivity index (χ2n) is 2.67. The zero-order chi connectivity index (χ0) is 10.5. The molecule has 5 heteroatoms. The summed E-state index contributed by atoms with van der Waals surface area (Å²) in [7, 11) is 0. The normalized spacial score (nSPS) is 10.7. The number of thiophene rings is 1. The molecule has 0 bridgehead atoms. The number of rotatable bonds is 2. The molecular weight excluding hydrogens is 210 g/mol. The van der Waals surface area contributed by atoms with Gasteiger partial charge < -0.3 is 0 Å². The third-order valence-electron chi connectivity index (χ3n) is 1.63. The van der Waals surface area contributed by atoms with Gasteiger partial charge >= 0.3 is 0 Å². The molecule has 0 N–H and O–H groups in total. The van der Waals surface area contributed by atoms with Gasteiger partial charge in [-0.05, 0) is 11.4 Å². The summed E-state index contributed by atoms with van der Waals surface area (Å²) in [6.07, 6.45) is 5.91. The van der Waals surface area contributed by atoms with Gasteiger partial charge in [0.25, 0.3) is 5.91 Å². The summed E-state index contributed by atoms with van der Waals surface area (Å²) in [5.74, 6) is -0.378. The molecule has 15 heavy (non-hydrogen) atoms. The van der Waals surface area contributed by atoms with Crippen molar-refractivity contribution in [3.05, 3.63) is 46.7 Å². The summed E-state index contributed by atoms with van der Waals surface area (Å²) >= 11 is 1.52. The molecule has 2 aromatic heterocycles. The van der Waals surface area contributed by atoms with Crippen molar-refractivity contribution in [2.45, 2.75) is 0 Å². The highest BCUT2D eigenvalue weighted by Gasteiger charge is 2.03. The van der Waals surface area contributed by atoms with E-state index < -0.39 is 0 Å². The monoisotopic (exact) mass is 217 g/mol. The van der Waals surface area contributed by atoms with Crippen molar-refractivity contribution in [1.29, 1.82) is 0 Å². The maximum absolute atomic E-state index is 11.4. The lowest BCUT2D eigenvalue weighted by molar-refractivity contribution is 0.0998. The minimum atomic E-state index is -0.378. The van der Waals surface area contributed by atoms with E-state index in [1.54, 1.807) is 0 Å². The van der Waals surface area contributed by atoms with Crippen LogP contribution in [-0.2, 0) is 0 Å². The first kappa shape index (κ1) is 9.67. The van der Waals surface area contributed by atoms with E-state index in [2.05, 4.69) is 15.0 Å². The van der Waals surface area contributed by atoms with E-state index in [0.29, 0.717) is 0 Å². The van der Waals surface area contributed by atoms with Gasteiger partial charge in [-0.3, -0.25) is 9.78 Å². The van der Waals surface area contributed by atoms with E-state index >= 15 is 0 Å². The lowest BCUT2D eigenvalue weighted by Gasteiger charge is -1.90. The molecule has 0 aromatic carbocycles. The average molecular weight is 217 g/mol. The number of aliphatic imine (C=N–C) groups is 1. The molecule has 0 radical (unpaired) electrons. The van der Waals surface area contributed by atoms with Crippen LogP contribution in [0.3, 0.4) is 0 Å². The van der Waals surface area contributed by atoms with Crippen LogP contribution in [0.4, 0.5) is 0 Å². The van der Waals surface area contributed by atoms with E-state index in [1.807, 2.05) is 17.5 Å². The van der Waals surface area contributed by atoms with Gasteiger partial charge in [0.2, 0.25) is 0 Å². The van der Waals surface area contributed by atoms with Crippen LogP contribution in [0.15, 0.2) is 41.1 Å². The van der Waals surface area contributed by atoms with Gasteiger partial charge in [0.1, 0.15) is 5.69 Å². The van der Waals surface area contributed by atoms with Gasteiger partial charge in [-0.15, -0.1) is 11.3 Å². The largest absolute Gasteiger partial charge is 0.297 e. The van der Waals surface area contributed by atoms with Crippen LogP contribution in [0.1, 0.15) is 15.4 Å². The minimum Gasteiger partial charge on any atom is -0.265 e. The number of hydrogen-bond acceptors (Lipinski definition) is 4. The molecule has 0 saturated heterocycles. The molecule has 2 aromatic rings. The highest BCUT2D eigenvalue weighted by atomic mass is 32.1. The molecule has 1 amide bonds. The molecule has 0 saturated carbocycles. The number of carbonyl (C=O) groups excluding carboxylic acids is 1. The van der Waals surface area contributed by atoms with Gasteiger partial charge in [-0.2, -0.15) is 0 Å². The standard InChI is InChI=1S/C10H7N3OS/c14-10(9-7-11-3-4-12-9)13-6-8-2-1-5-15-8/h1-7H. The van der Waals surface area contributed by atoms with Crippen molar-refractivity contribution < 1.29 is 4.79 Å². The van der Waals surface area contributed by atoms with Crippen LogP contribution in [0.25, 0.3) is 0 Å². The van der Waals surface area contributed by atoms with Crippen molar-refractivity contribution in [1.82, 2.24) is 9.97 Å². The lowest BCUT2D eigenvalue weighted by atomic mass is 10.4. The third kappa shape index (κ3) is 2.54. The Hall–Kier alpha value is -1.88. The highest BCUT2D eigenvalue weighted by molar-refractivity contribution is 7.11. The number of amides is 1. The molecule has 0 aliphatic rings. The minimum absolute atomic E-state index is 0.255. The van der Waals surface area contributed by atoms with Crippen molar-refractivity contribution in [2.24, 2.45) is 4.99 Å². The Morgan fingerprint density at radius 2 is 2.40 bits per heavy atom. The SMILES string of the molecule is O=C(N=Cc1cccs1)c1cnccn1. The summed E-state index contributed by atoms with van der Waals surface area (Å²) in [6.45, 7) is 0. The molecule has 0 spiro atoms. The molecule has 0 fully saturated rings. The van der Waals surface area contributed by atoms with Crippen molar-refractivity contribution >= 4 is 23.5 Å². The Labute approximate surface area is 90.4 Å². The number of hydrogen-bond donors (Lipinski definition) is 0. The van der Waals surface area contributed by atoms with E-state index in [4.69, 9.17) is 0 Å². The Morgan fingerprint density at radius 1 is 1.47 bits per heavy atom. The zero-order valence-corrected chi connectivity index (χ0v) is 8.52. The molecule has 0 aliphatic carbocycles. The van der Waals surface area contributed by atoms with Gasteiger partial charge in [0.15, 0.2) is 0 Å². The first-order chi connectivity index (χ1) is 7.36. The first-order valence-corrected chi connectivity index (χ1v) is 5.12. The predicted octanol–water partition coefficient (Wildman–Crippen LogP) is 1.80. The van der Waals surface area contributed by atoms with Gasteiger partial charge in [0, 0.05) is 23.5 Å². The quantitative estimate of drug-likeness (QED) is 0.721. The summed E-state index contributed by atoms with van der Waals surface area (Å²) in [4.78, 5) is 23.8. The van der Waals surface area contributed by atoms with Crippen LogP contribution in [-0.4, -0.2) is 22.1 Å². The topological polar surface area (TPSA) is 55.2 Å². The number of nitrogens with zero attached hydrogens (tertiary/aromatic N) is 3. The Balaban J connectivity index is 2.11. The molecular formula is C10H7N3OS. The predicted molar refractivity (Wildman–Crippen MR) is 58.3 cm³/mol. The van der Waals surface area contributed by atoms with Crippen LogP contribution < -0.4 is 0 Å². The van der Waals surface area contributed by atoms with E-state index in [-0.39, 0.29) is 11.6 Å². The van der Waals surface area contributed by atoms with Crippen molar-refractivity contribution in [3.8, 4) is 0 Å². The molecule has 0 aliphatic heterocycles. The zero-order valence-electron chi connectivity index (χ0n) is 7.70. The van der Waals surface area contributed by atoms with Gasteiger partial charge in [0.05, 0.1) is 6.20 Å². The van der Waals surface area contributed by atoms with Crippen LogP contribution in [0.2, 0.25) is 0 Å². The number of carbonyl (C=O) groups is 1. The van der Waals surface area contributed by atoms with E-state index in [1.165, 1.54) is 36.1 Å². The van der Waals surface area contributed by atoms with Crippen LogP contribution in [0.5, 0.6) is 0 Å². The summed E-state index contributed by atoms with van der Waals surface area (Å²) in [6, 6.07) is 3.79. The molecule has 0 atom stereocenters.